The fourth-order valence-electron chi connectivity index (χ4n) is 2.82. The monoisotopic (exact) mass is 415 g/mol. The van der Waals surface area contributed by atoms with Crippen LogP contribution in [0.15, 0.2) is 53.1 Å². The van der Waals surface area contributed by atoms with E-state index >= 15 is 0 Å². The topological polar surface area (TPSA) is 68.5 Å². The van der Waals surface area contributed by atoms with E-state index in [9.17, 15) is 13.6 Å². The summed E-state index contributed by atoms with van der Waals surface area (Å²) >= 11 is 0. The lowest BCUT2D eigenvalue weighted by atomic mass is 9.96. The number of rotatable bonds is 6. The van der Waals surface area contributed by atoms with Crippen molar-refractivity contribution >= 4 is 5.91 Å². The smallest absolute Gasteiger partial charge is 0.387 e. The number of halogens is 2. The van der Waals surface area contributed by atoms with E-state index in [2.05, 4.69) is 14.9 Å². The van der Waals surface area contributed by atoms with Gasteiger partial charge in [0.2, 0.25) is 0 Å². The summed E-state index contributed by atoms with van der Waals surface area (Å²) in [7, 11) is 1.66. The second kappa shape index (κ2) is 8.61. The Kier molecular flexibility index (Phi) is 6.14. The highest BCUT2D eigenvalue weighted by atomic mass is 19.3. The Balaban J connectivity index is 1.79. The zero-order valence-electron chi connectivity index (χ0n) is 17.2. The lowest BCUT2D eigenvalue weighted by Crippen LogP contribution is -2.26. The van der Waals surface area contributed by atoms with E-state index in [4.69, 9.17) is 4.52 Å². The van der Waals surface area contributed by atoms with Crippen molar-refractivity contribution in [2.45, 2.75) is 39.3 Å². The summed E-state index contributed by atoms with van der Waals surface area (Å²) in [6, 6.07) is 13.2. The average Bonchev–Trinajstić information content (AvgIpc) is 3.19. The predicted molar refractivity (Wildman–Crippen MR) is 107 cm³/mol. The van der Waals surface area contributed by atoms with E-state index < -0.39 is 6.61 Å². The van der Waals surface area contributed by atoms with Crippen LogP contribution in [0, 0.1) is 0 Å². The number of carbonyl (C=O) groups excluding carboxylic acids is 1. The van der Waals surface area contributed by atoms with Gasteiger partial charge in [0.1, 0.15) is 5.75 Å². The maximum Gasteiger partial charge on any atom is 0.387 e. The van der Waals surface area contributed by atoms with Gasteiger partial charge in [-0.2, -0.15) is 13.8 Å². The molecule has 0 saturated carbocycles. The highest BCUT2D eigenvalue weighted by Gasteiger charge is 2.24. The van der Waals surface area contributed by atoms with Gasteiger partial charge in [-0.15, -0.1) is 0 Å². The van der Waals surface area contributed by atoms with Crippen LogP contribution in [0.25, 0.3) is 11.5 Å². The normalized spacial score (nSPS) is 11.6. The number of nitrogens with zero attached hydrogens (tertiary/aromatic N) is 3. The third kappa shape index (κ3) is 5.00. The number of amides is 1. The van der Waals surface area contributed by atoms with Gasteiger partial charge in [-0.3, -0.25) is 4.79 Å². The molecule has 2 aromatic carbocycles. The lowest BCUT2D eigenvalue weighted by molar-refractivity contribution is -0.0498. The number of hydrogen-bond donors (Lipinski definition) is 0. The number of benzene rings is 2. The van der Waals surface area contributed by atoms with E-state index in [1.807, 2.05) is 20.8 Å². The second-order valence-electron chi connectivity index (χ2n) is 7.90. The van der Waals surface area contributed by atoms with Gasteiger partial charge in [0.25, 0.3) is 11.8 Å². The summed E-state index contributed by atoms with van der Waals surface area (Å²) < 4.78 is 34.3. The van der Waals surface area contributed by atoms with Gasteiger partial charge in [-0.1, -0.05) is 50.2 Å². The molecular weight excluding hydrogens is 392 g/mol. The van der Waals surface area contributed by atoms with Crippen molar-refractivity contribution in [2.75, 3.05) is 7.05 Å². The molecule has 0 aliphatic heterocycles. The first-order valence-electron chi connectivity index (χ1n) is 9.38. The molecule has 0 saturated heterocycles. The molecule has 0 fully saturated rings. The Morgan fingerprint density at radius 1 is 1.13 bits per heavy atom. The molecule has 1 heterocycles. The van der Waals surface area contributed by atoms with Crippen molar-refractivity contribution in [1.29, 1.82) is 0 Å². The van der Waals surface area contributed by atoms with Crippen molar-refractivity contribution in [3.05, 3.63) is 65.5 Å². The Morgan fingerprint density at radius 2 is 1.80 bits per heavy atom. The molecule has 158 valence electrons. The van der Waals surface area contributed by atoms with E-state index in [-0.39, 0.29) is 23.0 Å². The summed E-state index contributed by atoms with van der Waals surface area (Å²) in [5, 5.41) is 4.03. The van der Waals surface area contributed by atoms with E-state index in [1.54, 1.807) is 43.4 Å². The molecule has 0 unspecified atom stereocenters. The van der Waals surface area contributed by atoms with Crippen LogP contribution in [0.1, 0.15) is 42.5 Å². The Bertz CT molecular complexity index is 1010. The summed E-state index contributed by atoms with van der Waals surface area (Å²) in [5.41, 5.74) is 1.48. The van der Waals surface area contributed by atoms with E-state index in [1.165, 1.54) is 17.0 Å². The van der Waals surface area contributed by atoms with Crippen molar-refractivity contribution in [3.63, 3.8) is 0 Å². The zero-order chi connectivity index (χ0) is 21.9. The van der Waals surface area contributed by atoms with Gasteiger partial charge >= 0.3 is 6.61 Å². The number of carbonyl (C=O) groups is 1. The lowest BCUT2D eigenvalue weighted by Gasteiger charge is -2.19. The molecule has 0 aliphatic carbocycles. The number of aromatic nitrogens is 2. The largest absolute Gasteiger partial charge is 0.435 e. The molecule has 0 radical (unpaired) electrons. The molecule has 0 atom stereocenters. The molecule has 0 N–H and O–H groups in total. The van der Waals surface area contributed by atoms with Gasteiger partial charge in [-0.05, 0) is 29.8 Å². The quantitative estimate of drug-likeness (QED) is 0.572. The predicted octanol–water partition coefficient (Wildman–Crippen LogP) is 4.91. The first-order chi connectivity index (χ1) is 14.1. The van der Waals surface area contributed by atoms with Crippen molar-refractivity contribution in [1.82, 2.24) is 15.0 Å². The summed E-state index contributed by atoms with van der Waals surface area (Å²) in [5.74, 6) is 0.679. The Labute approximate surface area is 173 Å². The molecule has 3 rings (SSSR count). The minimum absolute atomic E-state index is 0.0686. The molecule has 30 heavy (non-hydrogen) atoms. The fourth-order valence-corrected chi connectivity index (χ4v) is 2.82. The van der Waals surface area contributed by atoms with E-state index in [0.717, 1.165) is 5.56 Å². The van der Waals surface area contributed by atoms with Crippen molar-refractivity contribution in [2.24, 2.45) is 0 Å². The van der Waals surface area contributed by atoms with Gasteiger partial charge in [0.05, 0.1) is 11.1 Å². The number of alkyl halides is 2. The SMILES string of the molecule is CN(Cc1ccc(OC(F)F)cc1)C(=O)c1ccccc1-c1nc(C(C)(C)C)no1. The average molecular weight is 415 g/mol. The zero-order valence-corrected chi connectivity index (χ0v) is 17.2. The van der Waals surface area contributed by atoms with Crippen molar-refractivity contribution in [3.8, 4) is 17.2 Å². The summed E-state index contributed by atoms with van der Waals surface area (Å²) in [6.07, 6.45) is 0. The first kappa shape index (κ1) is 21.4. The highest BCUT2D eigenvalue weighted by Crippen LogP contribution is 2.27. The van der Waals surface area contributed by atoms with Crippen LogP contribution in [0.3, 0.4) is 0 Å². The molecule has 8 heteroatoms. The van der Waals surface area contributed by atoms with Crippen LogP contribution < -0.4 is 4.74 Å². The van der Waals surface area contributed by atoms with Crippen LogP contribution >= 0.6 is 0 Å². The molecule has 1 amide bonds. The van der Waals surface area contributed by atoms with Crippen LogP contribution in [-0.4, -0.2) is 34.6 Å². The minimum atomic E-state index is -2.87. The van der Waals surface area contributed by atoms with E-state index in [0.29, 0.717) is 23.5 Å². The third-order valence-corrected chi connectivity index (χ3v) is 4.40. The van der Waals surface area contributed by atoms with Gasteiger partial charge < -0.3 is 14.2 Å². The molecule has 3 aromatic rings. The summed E-state index contributed by atoms with van der Waals surface area (Å²) in [4.78, 5) is 19.0. The molecule has 1 aromatic heterocycles. The van der Waals surface area contributed by atoms with Gasteiger partial charge in [0, 0.05) is 19.0 Å². The van der Waals surface area contributed by atoms with Gasteiger partial charge in [0.15, 0.2) is 5.82 Å². The first-order valence-corrected chi connectivity index (χ1v) is 9.38. The highest BCUT2D eigenvalue weighted by molar-refractivity contribution is 5.99. The van der Waals surface area contributed by atoms with Crippen molar-refractivity contribution < 1.29 is 22.8 Å². The number of ether oxygens (including phenoxy) is 1. The third-order valence-electron chi connectivity index (χ3n) is 4.40. The fraction of sp³-hybridized carbons (Fsp3) is 0.318. The maximum absolute atomic E-state index is 13.1. The molecular formula is C22H23F2N3O3. The Morgan fingerprint density at radius 3 is 2.40 bits per heavy atom. The van der Waals surface area contributed by atoms with Crippen LogP contribution in [-0.2, 0) is 12.0 Å². The molecule has 0 aliphatic rings. The Hall–Kier alpha value is -3.29. The standard InChI is InChI=1S/C22H23F2N3O3/c1-22(2,3)20-25-18(30-26-20)16-7-5-6-8-17(16)19(28)27(4)13-14-9-11-15(12-10-14)29-21(23)24/h5-12,21H,13H2,1-4H3. The second-order valence-corrected chi connectivity index (χ2v) is 7.90. The van der Waals surface area contributed by atoms with Crippen LogP contribution in [0.5, 0.6) is 5.75 Å². The minimum Gasteiger partial charge on any atom is -0.435 e. The van der Waals surface area contributed by atoms with Crippen LogP contribution in [0.2, 0.25) is 0 Å². The molecule has 0 spiro atoms. The van der Waals surface area contributed by atoms with Gasteiger partial charge in [-0.25, -0.2) is 0 Å². The molecule has 6 nitrogen and oxygen atoms in total. The number of hydrogen-bond acceptors (Lipinski definition) is 5. The van der Waals surface area contributed by atoms with Crippen LogP contribution in [0.4, 0.5) is 8.78 Å². The maximum atomic E-state index is 13.1. The summed E-state index contributed by atoms with van der Waals surface area (Å²) in [6.45, 7) is 3.34. The molecule has 0 bridgehead atoms.